The SMILES string of the molecule is C(=C\c1cc2c3c(c1)CCCN3CCC2)/c1cc2c3c(c1)CCCN3CCC2. The Hall–Kier alpha value is -2.22. The van der Waals surface area contributed by atoms with Gasteiger partial charge in [-0.1, -0.05) is 12.2 Å². The van der Waals surface area contributed by atoms with Crippen LogP contribution >= 0.6 is 0 Å². The first-order valence-electron chi connectivity index (χ1n) is 11.3. The molecule has 4 aliphatic rings. The molecule has 4 heterocycles. The summed E-state index contributed by atoms with van der Waals surface area (Å²) in [5, 5.41) is 0. The summed E-state index contributed by atoms with van der Waals surface area (Å²) in [6.45, 7) is 5.02. The molecule has 0 aliphatic carbocycles. The van der Waals surface area contributed by atoms with Crippen LogP contribution in [0.4, 0.5) is 11.4 Å². The van der Waals surface area contributed by atoms with Crippen molar-refractivity contribution in [3.63, 3.8) is 0 Å². The zero-order chi connectivity index (χ0) is 18.5. The molecule has 0 saturated heterocycles. The van der Waals surface area contributed by atoms with E-state index in [-0.39, 0.29) is 0 Å². The predicted octanol–water partition coefficient (Wildman–Crippen LogP) is 5.25. The van der Waals surface area contributed by atoms with E-state index >= 15 is 0 Å². The summed E-state index contributed by atoms with van der Waals surface area (Å²) in [6, 6.07) is 9.82. The van der Waals surface area contributed by atoms with Gasteiger partial charge in [-0.25, -0.2) is 0 Å². The second kappa shape index (κ2) is 6.69. The van der Waals surface area contributed by atoms with Gasteiger partial charge in [0.25, 0.3) is 0 Å². The van der Waals surface area contributed by atoms with Crippen LogP contribution in [0.15, 0.2) is 24.3 Å². The van der Waals surface area contributed by atoms with Crippen molar-refractivity contribution in [3.05, 3.63) is 57.6 Å². The van der Waals surface area contributed by atoms with E-state index in [1.807, 2.05) is 0 Å². The third-order valence-electron chi connectivity index (χ3n) is 7.18. The van der Waals surface area contributed by atoms with E-state index in [1.165, 1.54) is 88.7 Å². The first-order chi connectivity index (χ1) is 13.8. The molecule has 28 heavy (non-hydrogen) atoms. The summed E-state index contributed by atoms with van der Waals surface area (Å²) in [5.41, 5.74) is 12.3. The molecule has 6 rings (SSSR count). The highest BCUT2D eigenvalue weighted by Crippen LogP contribution is 2.38. The van der Waals surface area contributed by atoms with E-state index < -0.39 is 0 Å². The van der Waals surface area contributed by atoms with E-state index in [9.17, 15) is 0 Å². The second-order valence-corrected chi connectivity index (χ2v) is 9.10. The topological polar surface area (TPSA) is 6.48 Å². The van der Waals surface area contributed by atoms with Gasteiger partial charge in [-0.05, 0) is 109 Å². The van der Waals surface area contributed by atoms with Gasteiger partial charge in [0.1, 0.15) is 0 Å². The number of nitrogens with zero attached hydrogens (tertiary/aromatic N) is 2. The number of benzene rings is 2. The number of hydrogen-bond donors (Lipinski definition) is 0. The van der Waals surface area contributed by atoms with E-state index in [4.69, 9.17) is 0 Å². The highest BCUT2D eigenvalue weighted by atomic mass is 15.1. The van der Waals surface area contributed by atoms with Crippen molar-refractivity contribution in [2.75, 3.05) is 36.0 Å². The molecular formula is C26H30N2. The molecule has 0 radical (unpaired) electrons. The van der Waals surface area contributed by atoms with Crippen molar-refractivity contribution in [3.8, 4) is 0 Å². The van der Waals surface area contributed by atoms with Gasteiger partial charge in [0.2, 0.25) is 0 Å². The summed E-state index contributed by atoms with van der Waals surface area (Å²) in [7, 11) is 0. The Bertz CT molecular complexity index is 815. The Morgan fingerprint density at radius 1 is 0.500 bits per heavy atom. The molecule has 0 saturated carbocycles. The van der Waals surface area contributed by atoms with Crippen molar-refractivity contribution in [1.82, 2.24) is 0 Å². The van der Waals surface area contributed by atoms with Crippen LogP contribution < -0.4 is 9.80 Å². The molecule has 2 heteroatoms. The minimum Gasteiger partial charge on any atom is -0.371 e. The minimum absolute atomic E-state index is 1.25. The first kappa shape index (κ1) is 16.7. The van der Waals surface area contributed by atoms with E-state index in [0.29, 0.717) is 0 Å². The molecule has 0 amide bonds. The Morgan fingerprint density at radius 2 is 0.821 bits per heavy atom. The van der Waals surface area contributed by atoms with Gasteiger partial charge in [-0.15, -0.1) is 0 Å². The average molecular weight is 371 g/mol. The van der Waals surface area contributed by atoms with Crippen LogP contribution in [0.3, 0.4) is 0 Å². The molecule has 0 unspecified atom stereocenters. The maximum absolute atomic E-state index is 2.63. The summed E-state index contributed by atoms with van der Waals surface area (Å²) < 4.78 is 0. The molecule has 0 atom stereocenters. The third kappa shape index (κ3) is 2.77. The lowest BCUT2D eigenvalue weighted by Crippen LogP contribution is -2.34. The van der Waals surface area contributed by atoms with Crippen molar-refractivity contribution in [2.24, 2.45) is 0 Å². The molecule has 0 fully saturated rings. The lowest BCUT2D eigenvalue weighted by atomic mass is 9.89. The standard InChI is InChI=1S/C26H30N2/c1-5-21-15-19(16-22-6-2-12-27(11-1)25(21)22)9-10-20-17-23-7-3-13-28-14-4-8-24(18-20)26(23)28/h9-10,15-18H,1-8,11-14H2/b10-9+. The number of hydrogen-bond acceptors (Lipinski definition) is 2. The van der Waals surface area contributed by atoms with Crippen molar-refractivity contribution >= 4 is 23.5 Å². The normalized spacial score (nSPS) is 20.3. The van der Waals surface area contributed by atoms with Gasteiger partial charge in [0.15, 0.2) is 0 Å². The molecule has 0 aromatic heterocycles. The van der Waals surface area contributed by atoms with Crippen LogP contribution in [0.5, 0.6) is 0 Å². The Kier molecular flexibility index (Phi) is 3.99. The number of anilines is 2. The molecule has 0 spiro atoms. The smallest absolute Gasteiger partial charge is 0.0431 e. The van der Waals surface area contributed by atoms with Gasteiger partial charge in [-0.2, -0.15) is 0 Å². The molecule has 4 aliphatic heterocycles. The third-order valence-corrected chi connectivity index (χ3v) is 7.18. The zero-order valence-electron chi connectivity index (χ0n) is 16.8. The summed E-state index contributed by atoms with van der Waals surface area (Å²) in [6.07, 6.45) is 15.0. The maximum Gasteiger partial charge on any atom is 0.0431 e. The average Bonchev–Trinajstić information content (AvgIpc) is 2.73. The van der Waals surface area contributed by atoms with Crippen LogP contribution in [0.1, 0.15) is 59.1 Å². The Morgan fingerprint density at radius 3 is 1.14 bits per heavy atom. The van der Waals surface area contributed by atoms with Gasteiger partial charge < -0.3 is 9.80 Å². The van der Waals surface area contributed by atoms with Gasteiger partial charge in [0, 0.05) is 37.6 Å². The molecule has 2 aromatic carbocycles. The summed E-state index contributed by atoms with van der Waals surface area (Å²) >= 11 is 0. The predicted molar refractivity (Wildman–Crippen MR) is 120 cm³/mol. The van der Waals surface area contributed by atoms with Gasteiger partial charge in [-0.3, -0.25) is 0 Å². The van der Waals surface area contributed by atoms with Crippen molar-refractivity contribution < 1.29 is 0 Å². The molecule has 2 aromatic rings. The van der Waals surface area contributed by atoms with Crippen LogP contribution in [0.25, 0.3) is 12.2 Å². The van der Waals surface area contributed by atoms with E-state index in [2.05, 4.69) is 46.2 Å². The lowest BCUT2D eigenvalue weighted by molar-refractivity contribution is 0.634. The minimum atomic E-state index is 1.25. The number of aryl methyl sites for hydroxylation is 4. The van der Waals surface area contributed by atoms with E-state index in [0.717, 1.165) is 0 Å². The highest BCUT2D eigenvalue weighted by Gasteiger charge is 2.25. The van der Waals surface area contributed by atoms with Crippen LogP contribution in [-0.2, 0) is 25.7 Å². The van der Waals surface area contributed by atoms with Gasteiger partial charge >= 0.3 is 0 Å². The Balaban J connectivity index is 1.35. The fraction of sp³-hybridized carbons (Fsp3) is 0.462. The molecular weight excluding hydrogens is 340 g/mol. The quantitative estimate of drug-likeness (QED) is 0.666. The van der Waals surface area contributed by atoms with Crippen LogP contribution in [0.2, 0.25) is 0 Å². The van der Waals surface area contributed by atoms with Crippen LogP contribution in [0, 0.1) is 0 Å². The fourth-order valence-corrected chi connectivity index (χ4v) is 6.05. The van der Waals surface area contributed by atoms with E-state index in [1.54, 1.807) is 33.6 Å². The highest BCUT2D eigenvalue weighted by molar-refractivity contribution is 5.76. The molecule has 2 nitrogen and oxygen atoms in total. The first-order valence-corrected chi connectivity index (χ1v) is 11.3. The molecule has 0 N–H and O–H groups in total. The monoisotopic (exact) mass is 370 g/mol. The fourth-order valence-electron chi connectivity index (χ4n) is 6.05. The molecule has 0 bridgehead atoms. The number of rotatable bonds is 2. The van der Waals surface area contributed by atoms with Crippen LogP contribution in [-0.4, -0.2) is 26.2 Å². The largest absolute Gasteiger partial charge is 0.371 e. The van der Waals surface area contributed by atoms with Crippen molar-refractivity contribution in [2.45, 2.75) is 51.4 Å². The maximum atomic E-state index is 2.63. The lowest BCUT2D eigenvalue weighted by Gasteiger charge is -2.37. The molecule has 144 valence electrons. The summed E-state index contributed by atoms with van der Waals surface area (Å²) in [5.74, 6) is 0. The second-order valence-electron chi connectivity index (χ2n) is 9.10. The summed E-state index contributed by atoms with van der Waals surface area (Å²) in [4.78, 5) is 5.26. The van der Waals surface area contributed by atoms with Gasteiger partial charge in [0.05, 0.1) is 0 Å². The van der Waals surface area contributed by atoms with Crippen molar-refractivity contribution in [1.29, 1.82) is 0 Å². The Labute approximate surface area is 168 Å². The zero-order valence-corrected chi connectivity index (χ0v) is 16.8.